The lowest BCUT2D eigenvalue weighted by atomic mass is 10.3. The van der Waals surface area contributed by atoms with Crippen LogP contribution in [0.25, 0.3) is 0 Å². The SMILES string of the molecule is CNCCCNC(=O)c1coc(Br)c1. The van der Waals surface area contributed by atoms with Crippen molar-refractivity contribution < 1.29 is 9.21 Å². The smallest absolute Gasteiger partial charge is 0.254 e. The molecule has 2 N–H and O–H groups in total. The van der Waals surface area contributed by atoms with Crippen molar-refractivity contribution >= 4 is 21.8 Å². The molecule has 4 nitrogen and oxygen atoms in total. The van der Waals surface area contributed by atoms with Crippen LogP contribution >= 0.6 is 15.9 Å². The summed E-state index contributed by atoms with van der Waals surface area (Å²) in [7, 11) is 1.88. The number of hydrogen-bond donors (Lipinski definition) is 2. The molecule has 5 heteroatoms. The van der Waals surface area contributed by atoms with Gasteiger partial charge in [-0.1, -0.05) is 0 Å². The molecular formula is C9H13BrN2O2. The minimum absolute atomic E-state index is 0.101. The summed E-state index contributed by atoms with van der Waals surface area (Å²) in [5.74, 6) is -0.101. The van der Waals surface area contributed by atoms with Crippen LogP contribution in [0.5, 0.6) is 0 Å². The van der Waals surface area contributed by atoms with Gasteiger partial charge in [-0.2, -0.15) is 0 Å². The average Bonchev–Trinajstić information content (AvgIpc) is 2.59. The van der Waals surface area contributed by atoms with Gasteiger partial charge >= 0.3 is 0 Å². The van der Waals surface area contributed by atoms with E-state index in [9.17, 15) is 4.79 Å². The number of rotatable bonds is 5. The Balaban J connectivity index is 2.29. The van der Waals surface area contributed by atoms with E-state index in [0.717, 1.165) is 13.0 Å². The number of carbonyl (C=O) groups is 1. The van der Waals surface area contributed by atoms with Gasteiger partial charge in [-0.05, 0) is 35.9 Å². The Morgan fingerprint density at radius 3 is 2.93 bits per heavy atom. The number of hydrogen-bond acceptors (Lipinski definition) is 3. The third-order valence-corrected chi connectivity index (χ3v) is 2.13. The number of carbonyl (C=O) groups excluding carboxylic acids is 1. The number of furan rings is 1. The van der Waals surface area contributed by atoms with Gasteiger partial charge in [-0.25, -0.2) is 0 Å². The van der Waals surface area contributed by atoms with Crippen molar-refractivity contribution in [3.05, 3.63) is 22.6 Å². The van der Waals surface area contributed by atoms with Crippen LogP contribution in [0.1, 0.15) is 16.8 Å². The first-order chi connectivity index (χ1) is 6.74. The maximum atomic E-state index is 11.4. The maximum Gasteiger partial charge on any atom is 0.254 e. The van der Waals surface area contributed by atoms with Crippen LogP contribution in [0.2, 0.25) is 0 Å². The molecule has 0 aliphatic heterocycles. The monoisotopic (exact) mass is 260 g/mol. The van der Waals surface area contributed by atoms with Crippen molar-refractivity contribution in [1.82, 2.24) is 10.6 Å². The Hall–Kier alpha value is -0.810. The van der Waals surface area contributed by atoms with E-state index in [1.807, 2.05) is 7.05 Å². The first-order valence-electron chi connectivity index (χ1n) is 4.41. The van der Waals surface area contributed by atoms with Crippen molar-refractivity contribution in [3.63, 3.8) is 0 Å². The van der Waals surface area contributed by atoms with E-state index in [1.165, 1.54) is 6.26 Å². The number of halogens is 1. The first kappa shape index (κ1) is 11.3. The van der Waals surface area contributed by atoms with E-state index >= 15 is 0 Å². The molecule has 0 saturated carbocycles. The van der Waals surface area contributed by atoms with Crippen molar-refractivity contribution in [3.8, 4) is 0 Å². The predicted octanol–water partition coefficient (Wildman–Crippen LogP) is 1.38. The highest BCUT2D eigenvalue weighted by Gasteiger charge is 2.07. The van der Waals surface area contributed by atoms with Gasteiger partial charge in [0.1, 0.15) is 6.26 Å². The van der Waals surface area contributed by atoms with E-state index in [1.54, 1.807) is 6.07 Å². The van der Waals surface area contributed by atoms with E-state index in [2.05, 4.69) is 26.6 Å². The lowest BCUT2D eigenvalue weighted by Crippen LogP contribution is -2.26. The van der Waals surface area contributed by atoms with E-state index in [4.69, 9.17) is 4.42 Å². The van der Waals surface area contributed by atoms with Gasteiger partial charge in [0.2, 0.25) is 0 Å². The molecular weight excluding hydrogens is 248 g/mol. The van der Waals surface area contributed by atoms with Crippen molar-refractivity contribution in [2.45, 2.75) is 6.42 Å². The molecule has 1 aromatic heterocycles. The Bertz CT molecular complexity index is 299. The molecule has 0 fully saturated rings. The molecule has 0 bridgehead atoms. The van der Waals surface area contributed by atoms with Gasteiger partial charge in [0.25, 0.3) is 5.91 Å². The fraction of sp³-hybridized carbons (Fsp3) is 0.444. The number of amides is 1. The van der Waals surface area contributed by atoms with Crippen LogP contribution in [0.4, 0.5) is 0 Å². The van der Waals surface area contributed by atoms with E-state index in [0.29, 0.717) is 16.8 Å². The summed E-state index contributed by atoms with van der Waals surface area (Å²) in [6.45, 7) is 1.57. The molecule has 0 aliphatic rings. The molecule has 1 aromatic rings. The summed E-state index contributed by atoms with van der Waals surface area (Å²) < 4.78 is 5.52. The molecule has 14 heavy (non-hydrogen) atoms. The van der Waals surface area contributed by atoms with Gasteiger partial charge in [-0.15, -0.1) is 0 Å². The average molecular weight is 261 g/mol. The van der Waals surface area contributed by atoms with Gasteiger partial charge in [0.15, 0.2) is 4.67 Å². The highest BCUT2D eigenvalue weighted by atomic mass is 79.9. The van der Waals surface area contributed by atoms with E-state index in [-0.39, 0.29) is 5.91 Å². The number of nitrogens with one attached hydrogen (secondary N) is 2. The summed E-state index contributed by atoms with van der Waals surface area (Å²) in [5.41, 5.74) is 0.543. The van der Waals surface area contributed by atoms with Crippen LogP contribution in [0.15, 0.2) is 21.4 Å². The second kappa shape index (κ2) is 5.82. The van der Waals surface area contributed by atoms with Gasteiger partial charge < -0.3 is 15.1 Å². The molecule has 0 aromatic carbocycles. The topological polar surface area (TPSA) is 54.3 Å². The molecule has 1 heterocycles. The highest BCUT2D eigenvalue weighted by molar-refractivity contribution is 9.10. The molecule has 0 unspecified atom stereocenters. The van der Waals surface area contributed by atoms with Gasteiger partial charge in [0, 0.05) is 12.6 Å². The zero-order valence-electron chi connectivity index (χ0n) is 7.97. The second-order valence-corrected chi connectivity index (χ2v) is 3.63. The van der Waals surface area contributed by atoms with Gasteiger partial charge in [0.05, 0.1) is 5.56 Å². The van der Waals surface area contributed by atoms with Crippen LogP contribution in [0, 0.1) is 0 Å². The zero-order valence-corrected chi connectivity index (χ0v) is 9.56. The largest absolute Gasteiger partial charge is 0.457 e. The molecule has 0 spiro atoms. The summed E-state index contributed by atoms with van der Waals surface area (Å²) in [6.07, 6.45) is 2.35. The molecule has 0 radical (unpaired) electrons. The third-order valence-electron chi connectivity index (χ3n) is 1.72. The Morgan fingerprint density at radius 1 is 1.57 bits per heavy atom. The molecule has 1 rings (SSSR count). The van der Waals surface area contributed by atoms with Crippen LogP contribution < -0.4 is 10.6 Å². The minimum atomic E-state index is -0.101. The standard InChI is InChI=1S/C9H13BrN2O2/c1-11-3-2-4-12-9(13)7-5-8(10)14-6-7/h5-6,11H,2-4H2,1H3,(H,12,13). The minimum Gasteiger partial charge on any atom is -0.457 e. The Labute approximate surface area is 91.2 Å². The molecule has 0 saturated heterocycles. The fourth-order valence-electron chi connectivity index (χ4n) is 0.998. The third kappa shape index (κ3) is 3.51. The fourth-order valence-corrected chi connectivity index (χ4v) is 1.34. The van der Waals surface area contributed by atoms with Crippen molar-refractivity contribution in [1.29, 1.82) is 0 Å². The zero-order chi connectivity index (χ0) is 10.4. The predicted molar refractivity (Wildman–Crippen MR) is 57.3 cm³/mol. The summed E-state index contributed by atoms with van der Waals surface area (Å²) >= 11 is 3.14. The van der Waals surface area contributed by atoms with Crippen LogP contribution in [0.3, 0.4) is 0 Å². The van der Waals surface area contributed by atoms with E-state index < -0.39 is 0 Å². The molecule has 0 atom stereocenters. The van der Waals surface area contributed by atoms with Crippen LogP contribution in [-0.2, 0) is 0 Å². The van der Waals surface area contributed by atoms with Crippen molar-refractivity contribution in [2.24, 2.45) is 0 Å². The Morgan fingerprint density at radius 2 is 2.36 bits per heavy atom. The second-order valence-electron chi connectivity index (χ2n) is 2.85. The normalized spacial score (nSPS) is 10.1. The quantitative estimate of drug-likeness (QED) is 0.787. The maximum absolute atomic E-state index is 11.4. The molecule has 1 amide bonds. The first-order valence-corrected chi connectivity index (χ1v) is 5.20. The molecule has 0 aliphatic carbocycles. The molecule has 78 valence electrons. The van der Waals surface area contributed by atoms with Crippen molar-refractivity contribution in [2.75, 3.05) is 20.1 Å². The Kier molecular flexibility index (Phi) is 4.69. The van der Waals surface area contributed by atoms with Gasteiger partial charge in [-0.3, -0.25) is 4.79 Å². The van der Waals surface area contributed by atoms with Crippen LogP contribution in [-0.4, -0.2) is 26.0 Å². The summed E-state index contributed by atoms with van der Waals surface area (Å²) in [5, 5.41) is 5.80. The summed E-state index contributed by atoms with van der Waals surface area (Å²) in [4.78, 5) is 11.4. The lowest BCUT2D eigenvalue weighted by molar-refractivity contribution is 0.0952. The summed E-state index contributed by atoms with van der Waals surface area (Å²) in [6, 6.07) is 1.65. The highest BCUT2D eigenvalue weighted by Crippen LogP contribution is 2.13. The lowest BCUT2D eigenvalue weighted by Gasteiger charge is -2.02.